The number of rotatable bonds is 8. The van der Waals surface area contributed by atoms with Crippen LogP contribution in [0.5, 0.6) is 0 Å². The molecule has 158 valence electrons. The lowest BCUT2D eigenvalue weighted by atomic mass is 10.1. The predicted octanol–water partition coefficient (Wildman–Crippen LogP) is 4.23. The molecule has 2 aromatic carbocycles. The minimum Gasteiger partial charge on any atom is -0.378 e. The fourth-order valence-corrected chi connectivity index (χ4v) is 3.07. The third kappa shape index (κ3) is 5.23. The molecular weight excluding hydrogens is 383 g/mol. The number of nitrogens with zero attached hydrogens (tertiary/aromatic N) is 4. The third-order valence-corrected chi connectivity index (χ3v) is 5.01. The molecule has 0 aliphatic carbocycles. The Balaban J connectivity index is 1.58. The molecule has 3 aromatic rings. The summed E-state index contributed by atoms with van der Waals surface area (Å²) in [5, 5.41) is 3.91. The summed E-state index contributed by atoms with van der Waals surface area (Å²) in [4.78, 5) is 20.8. The van der Waals surface area contributed by atoms with Gasteiger partial charge >= 0.3 is 0 Å². The first-order chi connectivity index (χ1) is 14.4. The highest BCUT2D eigenvalue weighted by Gasteiger charge is 2.16. The summed E-state index contributed by atoms with van der Waals surface area (Å²) in [5.74, 6) is 0.400. The first-order valence-electron chi connectivity index (χ1n) is 10.0. The average Bonchev–Trinajstić information content (AvgIpc) is 3.21. The van der Waals surface area contributed by atoms with Gasteiger partial charge in [0.1, 0.15) is 5.82 Å². The summed E-state index contributed by atoms with van der Waals surface area (Å²) >= 11 is 0. The van der Waals surface area contributed by atoms with Crippen LogP contribution in [0.1, 0.15) is 30.4 Å². The van der Waals surface area contributed by atoms with E-state index < -0.39 is 0 Å². The Morgan fingerprint density at radius 2 is 1.87 bits per heavy atom. The van der Waals surface area contributed by atoms with Gasteiger partial charge in [-0.15, -0.1) is 0 Å². The van der Waals surface area contributed by atoms with Crippen molar-refractivity contribution in [1.29, 1.82) is 0 Å². The maximum Gasteiger partial charge on any atom is 0.227 e. The largest absolute Gasteiger partial charge is 0.378 e. The predicted molar refractivity (Wildman–Crippen MR) is 115 cm³/mol. The Hall–Kier alpha value is -3.22. The second-order valence-corrected chi connectivity index (χ2v) is 7.44. The number of carbonyl (C=O) groups excluding carboxylic acids is 1. The maximum absolute atomic E-state index is 13.8. The topological polar surface area (TPSA) is 62.5 Å². The fourth-order valence-electron chi connectivity index (χ4n) is 3.07. The molecule has 0 atom stereocenters. The van der Waals surface area contributed by atoms with Crippen LogP contribution in [-0.2, 0) is 17.8 Å². The number of halogens is 1. The van der Waals surface area contributed by atoms with Gasteiger partial charge in [-0.1, -0.05) is 29.4 Å². The number of hydrogen-bond acceptors (Lipinski definition) is 5. The zero-order chi connectivity index (χ0) is 21.7. The number of anilines is 1. The van der Waals surface area contributed by atoms with Crippen LogP contribution in [0.25, 0.3) is 11.4 Å². The van der Waals surface area contributed by atoms with E-state index >= 15 is 0 Å². The quantitative estimate of drug-likeness (QED) is 0.556. The standard InChI is InChI=1S/C23H27FN4O2/c1-5-28(15-17-7-10-19(11-8-17)27(3)4)22(29)13-12-21-25-23(26-30-21)18-9-6-16(2)20(24)14-18/h6-11,14H,5,12-13,15H2,1-4H3. The van der Waals surface area contributed by atoms with Gasteiger partial charge in [0.2, 0.25) is 17.6 Å². The molecule has 0 aliphatic heterocycles. The monoisotopic (exact) mass is 410 g/mol. The number of amides is 1. The molecular formula is C23H27FN4O2. The highest BCUT2D eigenvalue weighted by Crippen LogP contribution is 2.20. The molecule has 0 fully saturated rings. The van der Waals surface area contributed by atoms with Gasteiger partial charge in [0, 0.05) is 51.3 Å². The first kappa shape index (κ1) is 21.5. The summed E-state index contributed by atoms with van der Waals surface area (Å²) in [6.45, 7) is 4.83. The van der Waals surface area contributed by atoms with Crippen LogP contribution in [0.15, 0.2) is 47.0 Å². The van der Waals surface area contributed by atoms with Crippen molar-refractivity contribution in [3.63, 3.8) is 0 Å². The molecule has 1 amide bonds. The van der Waals surface area contributed by atoms with Crippen molar-refractivity contribution in [2.24, 2.45) is 0 Å². The summed E-state index contributed by atoms with van der Waals surface area (Å²) < 4.78 is 19.0. The van der Waals surface area contributed by atoms with Gasteiger partial charge in [0.25, 0.3) is 0 Å². The van der Waals surface area contributed by atoms with Crippen LogP contribution in [0, 0.1) is 12.7 Å². The molecule has 0 saturated carbocycles. The lowest BCUT2D eigenvalue weighted by Gasteiger charge is -2.21. The number of aromatic nitrogens is 2. The lowest BCUT2D eigenvalue weighted by Crippen LogP contribution is -2.30. The Morgan fingerprint density at radius 3 is 2.50 bits per heavy atom. The number of carbonyl (C=O) groups is 1. The second kappa shape index (κ2) is 9.52. The molecule has 0 unspecified atom stereocenters. The van der Waals surface area contributed by atoms with Gasteiger partial charge in [-0.2, -0.15) is 4.98 Å². The van der Waals surface area contributed by atoms with Gasteiger partial charge in [0.15, 0.2) is 0 Å². The van der Waals surface area contributed by atoms with E-state index in [0.29, 0.717) is 42.4 Å². The molecule has 1 aromatic heterocycles. The molecule has 6 nitrogen and oxygen atoms in total. The summed E-state index contributed by atoms with van der Waals surface area (Å²) in [6.07, 6.45) is 0.615. The molecule has 0 radical (unpaired) electrons. The van der Waals surface area contributed by atoms with E-state index in [1.807, 2.05) is 50.2 Å². The van der Waals surface area contributed by atoms with Crippen molar-refractivity contribution < 1.29 is 13.7 Å². The Bertz CT molecular complexity index is 999. The van der Waals surface area contributed by atoms with E-state index in [1.54, 1.807) is 24.0 Å². The van der Waals surface area contributed by atoms with Gasteiger partial charge < -0.3 is 14.3 Å². The normalized spacial score (nSPS) is 10.8. The Labute approximate surface area is 176 Å². The van der Waals surface area contributed by atoms with Gasteiger partial charge in [0.05, 0.1) is 0 Å². The van der Waals surface area contributed by atoms with Crippen molar-refractivity contribution >= 4 is 11.6 Å². The van der Waals surface area contributed by atoms with Crippen LogP contribution in [0.3, 0.4) is 0 Å². The van der Waals surface area contributed by atoms with E-state index in [1.165, 1.54) is 6.07 Å². The molecule has 0 spiro atoms. The zero-order valence-corrected chi connectivity index (χ0v) is 17.9. The molecule has 0 N–H and O–H groups in total. The van der Waals surface area contributed by atoms with Crippen LogP contribution >= 0.6 is 0 Å². The molecule has 0 bridgehead atoms. The van der Waals surface area contributed by atoms with E-state index in [0.717, 1.165) is 11.3 Å². The first-order valence-corrected chi connectivity index (χ1v) is 10.0. The van der Waals surface area contributed by atoms with Gasteiger partial charge in [-0.3, -0.25) is 4.79 Å². The fraction of sp³-hybridized carbons (Fsp3) is 0.348. The van der Waals surface area contributed by atoms with Crippen molar-refractivity contribution in [2.45, 2.75) is 33.2 Å². The lowest BCUT2D eigenvalue weighted by molar-refractivity contribution is -0.131. The van der Waals surface area contributed by atoms with Crippen LogP contribution in [0.2, 0.25) is 0 Å². The van der Waals surface area contributed by atoms with Crippen molar-refractivity contribution in [3.8, 4) is 11.4 Å². The summed E-state index contributed by atoms with van der Waals surface area (Å²) in [5.41, 5.74) is 3.31. The third-order valence-electron chi connectivity index (χ3n) is 5.01. The van der Waals surface area contributed by atoms with Crippen molar-refractivity contribution in [2.75, 3.05) is 25.5 Å². The minimum atomic E-state index is -0.314. The average molecular weight is 410 g/mol. The van der Waals surface area contributed by atoms with Crippen LogP contribution in [-0.4, -0.2) is 41.6 Å². The zero-order valence-electron chi connectivity index (χ0n) is 17.9. The van der Waals surface area contributed by atoms with Gasteiger partial charge in [-0.25, -0.2) is 4.39 Å². The smallest absolute Gasteiger partial charge is 0.227 e. The van der Waals surface area contributed by atoms with E-state index in [2.05, 4.69) is 10.1 Å². The van der Waals surface area contributed by atoms with Crippen LogP contribution < -0.4 is 4.90 Å². The molecule has 3 rings (SSSR count). The Kier molecular flexibility index (Phi) is 6.82. The molecule has 7 heteroatoms. The number of hydrogen-bond donors (Lipinski definition) is 0. The second-order valence-electron chi connectivity index (χ2n) is 7.44. The number of benzene rings is 2. The highest BCUT2D eigenvalue weighted by molar-refractivity contribution is 5.76. The SMILES string of the molecule is CCN(Cc1ccc(N(C)C)cc1)C(=O)CCc1nc(-c2ccc(C)c(F)c2)no1. The molecule has 0 saturated heterocycles. The molecule has 1 heterocycles. The van der Waals surface area contributed by atoms with E-state index in [4.69, 9.17) is 4.52 Å². The maximum atomic E-state index is 13.8. The summed E-state index contributed by atoms with van der Waals surface area (Å²) in [6, 6.07) is 13.0. The van der Waals surface area contributed by atoms with Crippen molar-refractivity contribution in [1.82, 2.24) is 15.0 Å². The van der Waals surface area contributed by atoms with Gasteiger partial charge in [-0.05, 0) is 43.2 Å². The number of aryl methyl sites for hydroxylation is 2. The minimum absolute atomic E-state index is 0.0234. The van der Waals surface area contributed by atoms with Crippen molar-refractivity contribution in [3.05, 3.63) is 65.3 Å². The Morgan fingerprint density at radius 1 is 1.13 bits per heavy atom. The van der Waals surface area contributed by atoms with Crippen LogP contribution in [0.4, 0.5) is 10.1 Å². The summed E-state index contributed by atoms with van der Waals surface area (Å²) in [7, 11) is 3.99. The highest BCUT2D eigenvalue weighted by atomic mass is 19.1. The molecule has 0 aliphatic rings. The van der Waals surface area contributed by atoms with E-state index in [9.17, 15) is 9.18 Å². The van der Waals surface area contributed by atoms with E-state index in [-0.39, 0.29) is 18.1 Å². The molecule has 30 heavy (non-hydrogen) atoms.